The first-order valence-corrected chi connectivity index (χ1v) is 5.81. The van der Waals surface area contributed by atoms with E-state index in [0.717, 1.165) is 18.5 Å². The molecule has 17 heavy (non-hydrogen) atoms. The van der Waals surface area contributed by atoms with Crippen molar-refractivity contribution < 1.29 is 15.0 Å². The van der Waals surface area contributed by atoms with Crippen LogP contribution in [0.15, 0.2) is 24.3 Å². The lowest BCUT2D eigenvalue weighted by molar-refractivity contribution is -0.137. The van der Waals surface area contributed by atoms with E-state index in [0.29, 0.717) is 6.42 Å². The second-order valence-electron chi connectivity index (χ2n) is 4.20. The van der Waals surface area contributed by atoms with Gasteiger partial charge in [0, 0.05) is 12.5 Å². The summed E-state index contributed by atoms with van der Waals surface area (Å²) in [5.41, 5.74) is 1.15. The molecule has 0 aliphatic rings. The molecule has 0 saturated heterocycles. The van der Waals surface area contributed by atoms with E-state index >= 15 is 0 Å². The molecule has 1 unspecified atom stereocenters. The molecule has 1 rings (SSSR count). The van der Waals surface area contributed by atoms with Gasteiger partial charge in [-0.3, -0.25) is 4.79 Å². The van der Waals surface area contributed by atoms with Crippen molar-refractivity contribution in [1.82, 2.24) is 5.32 Å². The molecular weight excluding hydrogens is 218 g/mol. The average Bonchev–Trinajstić information content (AvgIpc) is 2.29. The van der Waals surface area contributed by atoms with Gasteiger partial charge in [-0.15, -0.1) is 0 Å². The lowest BCUT2D eigenvalue weighted by Gasteiger charge is -2.12. The van der Waals surface area contributed by atoms with Crippen LogP contribution in [-0.2, 0) is 11.2 Å². The number of benzene rings is 1. The molecule has 1 atom stereocenters. The Bertz CT molecular complexity index is 348. The molecule has 4 heteroatoms. The molecule has 0 saturated carbocycles. The fraction of sp³-hybridized carbons (Fsp3) is 0.462. The van der Waals surface area contributed by atoms with Crippen LogP contribution in [0.3, 0.4) is 0 Å². The van der Waals surface area contributed by atoms with Gasteiger partial charge in [0.15, 0.2) is 0 Å². The van der Waals surface area contributed by atoms with E-state index in [-0.39, 0.29) is 18.2 Å². The Labute approximate surface area is 101 Å². The second-order valence-corrected chi connectivity index (χ2v) is 4.20. The van der Waals surface area contributed by atoms with Crippen molar-refractivity contribution in [1.29, 1.82) is 0 Å². The summed E-state index contributed by atoms with van der Waals surface area (Å²) in [6, 6.07) is 7.33. The Kier molecular flexibility index (Phi) is 5.49. The van der Waals surface area contributed by atoms with Crippen molar-refractivity contribution in [3.05, 3.63) is 29.8 Å². The minimum Gasteiger partial charge on any atom is -0.508 e. The summed E-state index contributed by atoms with van der Waals surface area (Å²) >= 11 is 0. The van der Waals surface area contributed by atoms with E-state index in [9.17, 15) is 4.79 Å². The molecule has 0 aliphatic carbocycles. The number of carbonyl (C=O) groups is 1. The summed E-state index contributed by atoms with van der Waals surface area (Å²) in [7, 11) is 0. The topological polar surface area (TPSA) is 69.6 Å². The third-order valence-corrected chi connectivity index (χ3v) is 2.63. The van der Waals surface area contributed by atoms with E-state index in [4.69, 9.17) is 10.2 Å². The quantitative estimate of drug-likeness (QED) is 0.676. The van der Waals surface area contributed by atoms with Crippen LogP contribution < -0.4 is 5.32 Å². The van der Waals surface area contributed by atoms with E-state index in [1.54, 1.807) is 12.1 Å². The molecule has 94 valence electrons. The van der Waals surface area contributed by atoms with E-state index in [2.05, 4.69) is 5.32 Å². The molecule has 0 amide bonds. The third-order valence-electron chi connectivity index (χ3n) is 2.63. The van der Waals surface area contributed by atoms with Crippen LogP contribution in [0.25, 0.3) is 0 Å². The first-order chi connectivity index (χ1) is 8.08. The monoisotopic (exact) mass is 237 g/mol. The summed E-state index contributed by atoms with van der Waals surface area (Å²) in [4.78, 5) is 10.4. The predicted molar refractivity (Wildman–Crippen MR) is 66.1 cm³/mol. The lowest BCUT2D eigenvalue weighted by Crippen LogP contribution is -2.28. The highest BCUT2D eigenvalue weighted by Gasteiger charge is 2.04. The fourth-order valence-electron chi connectivity index (χ4n) is 1.57. The zero-order chi connectivity index (χ0) is 12.7. The van der Waals surface area contributed by atoms with Crippen LogP contribution in [0.2, 0.25) is 0 Å². The van der Waals surface area contributed by atoms with E-state index < -0.39 is 5.97 Å². The molecule has 0 aromatic heterocycles. The standard InChI is InChI=1S/C13H19NO3/c1-10(2-7-13(16)17)14-9-8-11-3-5-12(15)6-4-11/h3-6,10,14-15H,2,7-9H2,1H3,(H,16,17). The molecule has 1 aromatic rings. The Morgan fingerprint density at radius 3 is 2.59 bits per heavy atom. The predicted octanol–water partition coefficient (Wildman–Crippen LogP) is 1.78. The van der Waals surface area contributed by atoms with Crippen LogP contribution in [0.4, 0.5) is 0 Å². The lowest BCUT2D eigenvalue weighted by atomic mass is 10.1. The molecular formula is C13H19NO3. The summed E-state index contributed by atoms with van der Waals surface area (Å²) in [6.07, 6.45) is 1.72. The smallest absolute Gasteiger partial charge is 0.303 e. The van der Waals surface area contributed by atoms with E-state index in [1.165, 1.54) is 0 Å². The average molecular weight is 237 g/mol. The van der Waals surface area contributed by atoms with Crippen LogP contribution in [0.5, 0.6) is 5.75 Å². The second kappa shape index (κ2) is 6.91. The van der Waals surface area contributed by atoms with Crippen molar-refractivity contribution in [2.75, 3.05) is 6.54 Å². The zero-order valence-electron chi connectivity index (χ0n) is 10.0. The number of rotatable bonds is 7. The molecule has 0 bridgehead atoms. The van der Waals surface area contributed by atoms with Gasteiger partial charge in [-0.25, -0.2) is 0 Å². The highest BCUT2D eigenvalue weighted by Crippen LogP contribution is 2.09. The minimum absolute atomic E-state index is 0.202. The van der Waals surface area contributed by atoms with E-state index in [1.807, 2.05) is 19.1 Å². The Morgan fingerprint density at radius 2 is 2.00 bits per heavy atom. The molecule has 4 nitrogen and oxygen atoms in total. The van der Waals surface area contributed by atoms with Gasteiger partial charge in [0.05, 0.1) is 0 Å². The Hall–Kier alpha value is -1.55. The van der Waals surface area contributed by atoms with Crippen molar-refractivity contribution in [2.45, 2.75) is 32.2 Å². The number of nitrogens with one attached hydrogen (secondary N) is 1. The molecule has 1 aromatic carbocycles. The molecule has 0 heterocycles. The highest BCUT2D eigenvalue weighted by molar-refractivity contribution is 5.66. The zero-order valence-corrected chi connectivity index (χ0v) is 10.0. The van der Waals surface area contributed by atoms with Crippen molar-refractivity contribution >= 4 is 5.97 Å². The number of aliphatic carboxylic acids is 1. The van der Waals surface area contributed by atoms with Crippen LogP contribution in [-0.4, -0.2) is 28.8 Å². The van der Waals surface area contributed by atoms with Crippen molar-refractivity contribution in [2.24, 2.45) is 0 Å². The molecule has 3 N–H and O–H groups in total. The summed E-state index contributed by atoms with van der Waals surface area (Å²) < 4.78 is 0. The van der Waals surface area contributed by atoms with Crippen LogP contribution in [0.1, 0.15) is 25.3 Å². The molecule has 0 aliphatic heterocycles. The van der Waals surface area contributed by atoms with Gasteiger partial charge >= 0.3 is 5.97 Å². The number of aromatic hydroxyl groups is 1. The number of hydrogen-bond donors (Lipinski definition) is 3. The van der Waals surface area contributed by atoms with Gasteiger partial charge in [-0.2, -0.15) is 0 Å². The van der Waals surface area contributed by atoms with Gasteiger partial charge in [0.25, 0.3) is 0 Å². The van der Waals surface area contributed by atoms with Gasteiger partial charge in [0.2, 0.25) is 0 Å². The third kappa shape index (κ3) is 5.92. The Balaban J connectivity index is 2.18. The number of phenolic OH excluding ortho intramolecular Hbond substituents is 1. The number of carboxylic acid groups (broad SMARTS) is 1. The number of hydrogen-bond acceptors (Lipinski definition) is 3. The van der Waals surface area contributed by atoms with Gasteiger partial charge in [-0.05, 0) is 44.0 Å². The summed E-state index contributed by atoms with van der Waals surface area (Å²) in [6.45, 7) is 2.80. The summed E-state index contributed by atoms with van der Waals surface area (Å²) in [5, 5.41) is 20.9. The van der Waals surface area contributed by atoms with Crippen molar-refractivity contribution in [3.63, 3.8) is 0 Å². The number of phenols is 1. The maximum atomic E-state index is 10.4. The maximum absolute atomic E-state index is 10.4. The van der Waals surface area contributed by atoms with Crippen LogP contribution in [0, 0.1) is 0 Å². The fourth-order valence-corrected chi connectivity index (χ4v) is 1.57. The molecule has 0 fully saturated rings. The SMILES string of the molecule is CC(CCC(=O)O)NCCc1ccc(O)cc1. The maximum Gasteiger partial charge on any atom is 0.303 e. The minimum atomic E-state index is -0.753. The number of carboxylic acids is 1. The largest absolute Gasteiger partial charge is 0.508 e. The first kappa shape index (κ1) is 13.5. The van der Waals surface area contributed by atoms with Crippen LogP contribution >= 0.6 is 0 Å². The summed E-state index contributed by atoms with van der Waals surface area (Å²) in [5.74, 6) is -0.478. The molecule has 0 radical (unpaired) electrons. The normalized spacial score (nSPS) is 12.3. The highest BCUT2D eigenvalue weighted by atomic mass is 16.4. The van der Waals surface area contributed by atoms with Crippen molar-refractivity contribution in [3.8, 4) is 5.75 Å². The van der Waals surface area contributed by atoms with Gasteiger partial charge < -0.3 is 15.5 Å². The first-order valence-electron chi connectivity index (χ1n) is 5.81. The Morgan fingerprint density at radius 1 is 1.35 bits per heavy atom. The van der Waals surface area contributed by atoms with Gasteiger partial charge in [0.1, 0.15) is 5.75 Å². The van der Waals surface area contributed by atoms with Gasteiger partial charge in [-0.1, -0.05) is 12.1 Å². The molecule has 0 spiro atoms.